The zero-order valence-electron chi connectivity index (χ0n) is 8.48. The maximum Gasteiger partial charge on any atom is 0.237 e. The van der Waals surface area contributed by atoms with E-state index in [2.05, 4.69) is 0 Å². The summed E-state index contributed by atoms with van der Waals surface area (Å²) in [6.07, 6.45) is -0.0159. The van der Waals surface area contributed by atoms with E-state index in [0.717, 1.165) is 0 Å². The van der Waals surface area contributed by atoms with Crippen LogP contribution in [0.3, 0.4) is 0 Å². The highest BCUT2D eigenvalue weighted by Gasteiger charge is 2.36. The molecule has 0 saturated carbocycles. The lowest BCUT2D eigenvalue weighted by molar-refractivity contribution is -0.128. The van der Waals surface area contributed by atoms with Crippen LogP contribution in [0.5, 0.6) is 0 Å². The van der Waals surface area contributed by atoms with Crippen molar-refractivity contribution in [3.8, 4) is 0 Å². The molecule has 15 heavy (non-hydrogen) atoms. The summed E-state index contributed by atoms with van der Waals surface area (Å²) in [6.45, 7) is 3.47. The molecule has 1 atom stereocenters. The predicted molar refractivity (Wildman–Crippen MR) is 56.3 cm³/mol. The molecule has 0 bridgehead atoms. The molecular formula is C8H14ClNO4S. The molecule has 1 fully saturated rings. The van der Waals surface area contributed by atoms with Gasteiger partial charge in [-0.1, -0.05) is 0 Å². The van der Waals surface area contributed by atoms with Gasteiger partial charge >= 0.3 is 0 Å². The fraction of sp³-hybridized carbons (Fsp3) is 0.875. The lowest BCUT2D eigenvalue weighted by atomic mass is 10.4. The Labute approximate surface area is 93.8 Å². The lowest BCUT2D eigenvalue weighted by Gasteiger charge is -2.15. The number of hydrogen-bond donors (Lipinski definition) is 0. The second kappa shape index (κ2) is 5.14. The minimum Gasteiger partial charge on any atom is -0.380 e. The van der Waals surface area contributed by atoms with Crippen LogP contribution in [0.25, 0.3) is 0 Å². The highest BCUT2D eigenvalue weighted by molar-refractivity contribution is 8.14. The van der Waals surface area contributed by atoms with Crippen LogP contribution in [0.2, 0.25) is 0 Å². The van der Waals surface area contributed by atoms with E-state index in [1.54, 1.807) is 0 Å². The van der Waals surface area contributed by atoms with Crippen LogP contribution in [0.1, 0.15) is 13.3 Å². The third-order valence-corrected chi connectivity index (χ3v) is 4.15. The highest BCUT2D eigenvalue weighted by Crippen LogP contribution is 2.20. The van der Waals surface area contributed by atoms with Gasteiger partial charge in [-0.25, -0.2) is 8.42 Å². The van der Waals surface area contributed by atoms with Crippen molar-refractivity contribution in [1.82, 2.24) is 4.90 Å². The summed E-state index contributed by atoms with van der Waals surface area (Å²) in [6, 6.07) is 0. The topological polar surface area (TPSA) is 63.7 Å². The SMILES string of the molecule is CCOCCN1CC(S(=O)(=O)Cl)CC1=O. The van der Waals surface area contributed by atoms with Crippen molar-refractivity contribution < 1.29 is 17.9 Å². The summed E-state index contributed by atoms with van der Waals surface area (Å²) in [5.74, 6) is -0.177. The first-order chi connectivity index (χ1) is 6.95. The first-order valence-electron chi connectivity index (χ1n) is 4.74. The maximum atomic E-state index is 11.4. The minimum atomic E-state index is -3.63. The summed E-state index contributed by atoms with van der Waals surface area (Å²) in [7, 11) is 1.56. The van der Waals surface area contributed by atoms with Gasteiger partial charge in [0.25, 0.3) is 0 Å². The number of hydrogen-bond acceptors (Lipinski definition) is 4. The Morgan fingerprint density at radius 2 is 2.27 bits per heavy atom. The second-order valence-corrected chi connectivity index (χ2v) is 6.25. The first kappa shape index (κ1) is 12.7. The number of halogens is 1. The number of carbonyl (C=O) groups excluding carboxylic acids is 1. The summed E-state index contributed by atoms with van der Waals surface area (Å²) < 4.78 is 27.1. The van der Waals surface area contributed by atoms with Gasteiger partial charge in [-0.05, 0) is 6.92 Å². The molecule has 0 spiro atoms. The standard InChI is InChI=1S/C8H14ClNO4S/c1-2-14-4-3-10-6-7(5-8(10)11)15(9,12)13/h7H,2-6H2,1H3. The predicted octanol–water partition coefficient (Wildman–Crippen LogP) is 0.192. The van der Waals surface area contributed by atoms with Crippen molar-refractivity contribution in [3.63, 3.8) is 0 Å². The molecule has 0 aliphatic carbocycles. The van der Waals surface area contributed by atoms with Gasteiger partial charge in [-0.3, -0.25) is 4.79 Å². The van der Waals surface area contributed by atoms with Gasteiger partial charge < -0.3 is 9.64 Å². The second-order valence-electron chi connectivity index (χ2n) is 3.34. The smallest absolute Gasteiger partial charge is 0.237 e. The largest absolute Gasteiger partial charge is 0.380 e. The van der Waals surface area contributed by atoms with Crippen molar-refractivity contribution in [3.05, 3.63) is 0 Å². The normalized spacial score (nSPS) is 22.4. The van der Waals surface area contributed by atoms with E-state index in [1.807, 2.05) is 6.92 Å². The quantitative estimate of drug-likeness (QED) is 0.520. The van der Waals surface area contributed by atoms with E-state index in [-0.39, 0.29) is 18.9 Å². The van der Waals surface area contributed by atoms with E-state index >= 15 is 0 Å². The van der Waals surface area contributed by atoms with E-state index in [0.29, 0.717) is 19.8 Å². The fourth-order valence-corrected chi connectivity index (χ4v) is 2.52. The average Bonchev–Trinajstić information content (AvgIpc) is 2.48. The summed E-state index contributed by atoms with van der Waals surface area (Å²) in [5.41, 5.74) is 0. The van der Waals surface area contributed by atoms with Crippen LogP contribution in [0, 0.1) is 0 Å². The molecule has 0 aromatic heterocycles. The van der Waals surface area contributed by atoms with Crippen molar-refractivity contribution in [2.45, 2.75) is 18.6 Å². The molecule has 1 unspecified atom stereocenters. The zero-order chi connectivity index (χ0) is 11.5. The molecule has 0 N–H and O–H groups in total. The van der Waals surface area contributed by atoms with Gasteiger partial charge in [0, 0.05) is 36.8 Å². The summed E-state index contributed by atoms with van der Waals surface area (Å²) in [5, 5.41) is -0.770. The third-order valence-electron chi connectivity index (χ3n) is 2.29. The van der Waals surface area contributed by atoms with Gasteiger partial charge in [0.05, 0.1) is 6.61 Å². The summed E-state index contributed by atoms with van der Waals surface area (Å²) in [4.78, 5) is 12.8. The van der Waals surface area contributed by atoms with Crippen LogP contribution in [0.4, 0.5) is 0 Å². The van der Waals surface area contributed by atoms with E-state index in [1.165, 1.54) is 4.90 Å². The van der Waals surface area contributed by atoms with E-state index in [4.69, 9.17) is 15.4 Å². The molecule has 0 aromatic rings. The molecule has 7 heteroatoms. The number of carbonyl (C=O) groups is 1. The van der Waals surface area contributed by atoms with Crippen LogP contribution in [-0.2, 0) is 18.6 Å². The fourth-order valence-electron chi connectivity index (χ4n) is 1.46. The van der Waals surface area contributed by atoms with E-state index < -0.39 is 14.3 Å². The zero-order valence-corrected chi connectivity index (χ0v) is 10.1. The molecular weight excluding hydrogens is 242 g/mol. The molecule has 1 rings (SSSR count). The Balaban J connectivity index is 2.46. The van der Waals surface area contributed by atoms with Crippen LogP contribution >= 0.6 is 10.7 Å². The first-order valence-corrected chi connectivity index (χ1v) is 7.11. The molecule has 0 aromatic carbocycles. The molecule has 1 amide bonds. The molecule has 1 saturated heterocycles. The Morgan fingerprint density at radius 3 is 2.73 bits per heavy atom. The Kier molecular flexibility index (Phi) is 4.36. The van der Waals surface area contributed by atoms with Crippen molar-refractivity contribution >= 4 is 25.6 Å². The highest BCUT2D eigenvalue weighted by atomic mass is 35.7. The average molecular weight is 256 g/mol. The number of likely N-dealkylation sites (tertiary alicyclic amines) is 1. The lowest BCUT2D eigenvalue weighted by Crippen LogP contribution is -2.30. The van der Waals surface area contributed by atoms with Gasteiger partial charge in [0.15, 0.2) is 0 Å². The monoisotopic (exact) mass is 255 g/mol. The van der Waals surface area contributed by atoms with Crippen LogP contribution in [-0.4, -0.2) is 50.8 Å². The summed E-state index contributed by atoms with van der Waals surface area (Å²) >= 11 is 0. The number of amides is 1. The van der Waals surface area contributed by atoms with Crippen LogP contribution in [0.15, 0.2) is 0 Å². The van der Waals surface area contributed by atoms with E-state index in [9.17, 15) is 13.2 Å². The van der Waals surface area contributed by atoms with Crippen molar-refractivity contribution in [1.29, 1.82) is 0 Å². The Morgan fingerprint density at radius 1 is 1.60 bits per heavy atom. The van der Waals surface area contributed by atoms with Crippen molar-refractivity contribution in [2.24, 2.45) is 0 Å². The number of rotatable bonds is 5. The minimum absolute atomic E-state index is 0.0159. The van der Waals surface area contributed by atoms with Gasteiger partial charge in [-0.2, -0.15) is 0 Å². The Hall–Kier alpha value is -0.330. The molecule has 1 heterocycles. The molecule has 5 nitrogen and oxygen atoms in total. The maximum absolute atomic E-state index is 11.4. The molecule has 1 aliphatic rings. The Bertz CT molecular complexity index is 330. The van der Waals surface area contributed by atoms with Gasteiger partial charge in [0.1, 0.15) is 5.25 Å². The van der Waals surface area contributed by atoms with Gasteiger partial charge in [0.2, 0.25) is 15.0 Å². The molecule has 1 aliphatic heterocycles. The van der Waals surface area contributed by atoms with Gasteiger partial charge in [-0.15, -0.1) is 0 Å². The van der Waals surface area contributed by atoms with Crippen molar-refractivity contribution in [2.75, 3.05) is 26.3 Å². The third kappa shape index (κ3) is 3.62. The molecule has 0 radical (unpaired) electrons. The number of nitrogens with zero attached hydrogens (tertiary/aromatic N) is 1. The number of ether oxygens (including phenoxy) is 1. The van der Waals surface area contributed by atoms with Crippen LogP contribution < -0.4 is 0 Å². The molecule has 88 valence electrons.